The van der Waals surface area contributed by atoms with Gasteiger partial charge in [0.2, 0.25) is 0 Å². The number of carbonyl (C=O) groups is 1. The minimum atomic E-state index is -0.534. The highest BCUT2D eigenvalue weighted by atomic mass is 16.7. The first-order chi connectivity index (χ1) is 15.2. The average Bonchev–Trinajstić information content (AvgIpc) is 3.12. The van der Waals surface area contributed by atoms with Crippen LogP contribution in [0.15, 0.2) is 48.5 Å². The molecule has 0 bridgehead atoms. The van der Waals surface area contributed by atoms with Gasteiger partial charge in [-0.25, -0.2) is 4.79 Å². The van der Waals surface area contributed by atoms with E-state index in [-0.39, 0.29) is 22.3 Å². The lowest BCUT2D eigenvalue weighted by Gasteiger charge is -2.39. The lowest BCUT2D eigenvalue weighted by Crippen LogP contribution is -2.46. The number of unbranched alkanes of at least 4 members (excludes halogenated alkanes) is 4. The Labute approximate surface area is 193 Å². The molecule has 0 heterocycles. The summed E-state index contributed by atoms with van der Waals surface area (Å²) in [7, 11) is 0. The molecule has 1 spiro atoms. The molecule has 0 saturated heterocycles. The van der Waals surface area contributed by atoms with Gasteiger partial charge >= 0.3 is 6.16 Å². The molecule has 2 aromatic rings. The number of hydrogen-bond acceptors (Lipinski definition) is 3. The minimum Gasteiger partial charge on any atom is -0.434 e. The molecule has 32 heavy (non-hydrogen) atoms. The molecule has 2 aliphatic carbocycles. The van der Waals surface area contributed by atoms with Gasteiger partial charge in [0.25, 0.3) is 0 Å². The normalized spacial score (nSPS) is 24.2. The van der Waals surface area contributed by atoms with Crippen molar-refractivity contribution in [1.29, 1.82) is 0 Å². The predicted octanol–water partition coefficient (Wildman–Crippen LogP) is 7.44. The van der Waals surface area contributed by atoms with Crippen LogP contribution in [0.3, 0.4) is 0 Å². The fraction of sp³-hybridized carbons (Fsp3) is 0.552. The Kier molecular flexibility index (Phi) is 6.13. The van der Waals surface area contributed by atoms with Crippen LogP contribution in [0.1, 0.15) is 95.4 Å². The first-order valence-electron chi connectivity index (χ1n) is 12.3. The Bertz CT molecular complexity index is 961. The number of benzene rings is 2. The summed E-state index contributed by atoms with van der Waals surface area (Å²) >= 11 is 0. The average molecular weight is 435 g/mol. The van der Waals surface area contributed by atoms with Crippen molar-refractivity contribution in [2.24, 2.45) is 0 Å². The zero-order valence-corrected chi connectivity index (χ0v) is 20.4. The third kappa shape index (κ3) is 3.64. The van der Waals surface area contributed by atoms with Crippen molar-refractivity contribution in [2.75, 3.05) is 6.61 Å². The maximum absolute atomic E-state index is 12.9. The monoisotopic (exact) mass is 434 g/mol. The second-order valence-corrected chi connectivity index (χ2v) is 10.9. The number of hydrogen-bond donors (Lipinski definition) is 0. The van der Waals surface area contributed by atoms with Crippen LogP contribution in [0.25, 0.3) is 0 Å². The lowest BCUT2D eigenvalue weighted by molar-refractivity contribution is -0.0226. The van der Waals surface area contributed by atoms with Crippen LogP contribution in [-0.4, -0.2) is 18.9 Å². The fourth-order valence-electron chi connectivity index (χ4n) is 6.40. The summed E-state index contributed by atoms with van der Waals surface area (Å²) in [4.78, 5) is 12.9. The number of carbonyl (C=O) groups excluding carboxylic acids is 1. The van der Waals surface area contributed by atoms with Gasteiger partial charge in [-0.2, -0.15) is 0 Å². The van der Waals surface area contributed by atoms with Crippen molar-refractivity contribution in [3.05, 3.63) is 70.8 Å². The summed E-state index contributed by atoms with van der Waals surface area (Å²) in [5.74, 6) is 0. The van der Waals surface area contributed by atoms with E-state index in [2.05, 4.69) is 83.1 Å². The van der Waals surface area contributed by atoms with Gasteiger partial charge < -0.3 is 9.47 Å². The topological polar surface area (TPSA) is 35.5 Å². The number of fused-ring (bicyclic) bond motifs is 4. The van der Waals surface area contributed by atoms with Crippen LogP contribution in [-0.2, 0) is 25.7 Å². The summed E-state index contributed by atoms with van der Waals surface area (Å²) in [5.41, 5.74) is 4.52. The highest BCUT2D eigenvalue weighted by Gasteiger charge is 2.64. The van der Waals surface area contributed by atoms with E-state index < -0.39 is 6.16 Å². The Morgan fingerprint density at radius 2 is 1.41 bits per heavy atom. The van der Waals surface area contributed by atoms with Crippen molar-refractivity contribution >= 4 is 6.16 Å². The van der Waals surface area contributed by atoms with E-state index in [0.29, 0.717) is 6.61 Å². The van der Waals surface area contributed by atoms with Gasteiger partial charge in [0.15, 0.2) is 0 Å². The van der Waals surface area contributed by atoms with E-state index in [0.717, 1.165) is 19.3 Å². The molecule has 0 aromatic heterocycles. The van der Waals surface area contributed by atoms with Crippen molar-refractivity contribution in [3.63, 3.8) is 0 Å². The molecule has 0 amide bonds. The summed E-state index contributed by atoms with van der Waals surface area (Å²) in [6, 6.07) is 17.3. The maximum atomic E-state index is 12.9. The van der Waals surface area contributed by atoms with Crippen LogP contribution in [0.4, 0.5) is 4.79 Å². The molecular weight excluding hydrogens is 396 g/mol. The zero-order valence-electron chi connectivity index (χ0n) is 20.4. The molecule has 2 atom stereocenters. The highest BCUT2D eigenvalue weighted by molar-refractivity contribution is 5.66. The van der Waals surface area contributed by atoms with E-state index in [1.165, 1.54) is 41.5 Å². The Morgan fingerprint density at radius 3 is 2.06 bits per heavy atom. The molecule has 2 aliphatic rings. The van der Waals surface area contributed by atoms with E-state index in [1.54, 1.807) is 0 Å². The largest absolute Gasteiger partial charge is 0.508 e. The maximum Gasteiger partial charge on any atom is 0.508 e. The summed E-state index contributed by atoms with van der Waals surface area (Å²) in [5, 5.41) is 0. The van der Waals surface area contributed by atoms with Gasteiger partial charge in [-0.15, -0.1) is 0 Å². The van der Waals surface area contributed by atoms with Gasteiger partial charge in [0.1, 0.15) is 6.10 Å². The zero-order chi connectivity index (χ0) is 23.0. The summed E-state index contributed by atoms with van der Waals surface area (Å²) in [6.45, 7) is 11.7. The molecule has 0 saturated carbocycles. The minimum absolute atomic E-state index is 0.00504. The van der Waals surface area contributed by atoms with Gasteiger partial charge in [0.05, 0.1) is 12.0 Å². The molecule has 3 heteroatoms. The Hall–Kier alpha value is -2.29. The van der Waals surface area contributed by atoms with E-state index >= 15 is 0 Å². The van der Waals surface area contributed by atoms with E-state index in [4.69, 9.17) is 9.47 Å². The predicted molar refractivity (Wildman–Crippen MR) is 129 cm³/mol. The first kappa shape index (κ1) is 22.9. The van der Waals surface area contributed by atoms with Crippen molar-refractivity contribution in [3.8, 4) is 0 Å². The molecule has 0 N–H and O–H groups in total. The van der Waals surface area contributed by atoms with Gasteiger partial charge in [-0.05, 0) is 40.5 Å². The molecule has 4 rings (SSSR count). The molecule has 172 valence electrons. The quantitative estimate of drug-likeness (QED) is 0.335. The van der Waals surface area contributed by atoms with Crippen LogP contribution >= 0.6 is 0 Å². The van der Waals surface area contributed by atoms with Crippen LogP contribution in [0, 0.1) is 0 Å². The smallest absolute Gasteiger partial charge is 0.434 e. The van der Waals surface area contributed by atoms with Crippen LogP contribution < -0.4 is 0 Å². The van der Waals surface area contributed by atoms with E-state index in [9.17, 15) is 4.79 Å². The first-order valence-corrected chi connectivity index (χ1v) is 12.3. The molecule has 0 radical (unpaired) electrons. The molecule has 2 unspecified atom stereocenters. The summed E-state index contributed by atoms with van der Waals surface area (Å²) in [6.07, 6.45) is 5.67. The molecule has 0 fully saturated rings. The third-order valence-electron chi connectivity index (χ3n) is 7.74. The molecule has 3 nitrogen and oxygen atoms in total. The Morgan fingerprint density at radius 1 is 0.844 bits per heavy atom. The SMILES string of the molecule is CCCCCCCOC(=O)OC1C(C)(C)c2ccccc2C12CC(C)(C)c1ccccc12. The van der Waals surface area contributed by atoms with Crippen LogP contribution in [0.5, 0.6) is 0 Å². The number of rotatable bonds is 7. The standard InChI is InChI=1S/C29H38O3/c1-6-7-8-9-14-19-31-26(30)32-25-28(4,5)22-16-11-13-18-24(22)29(25)20-27(2,3)21-15-10-12-17-23(21)29/h10-13,15-18,25H,6-9,14,19-20H2,1-5H3. The van der Waals surface area contributed by atoms with E-state index in [1.807, 2.05) is 0 Å². The Balaban J connectivity index is 1.65. The van der Waals surface area contributed by atoms with Crippen LogP contribution in [0.2, 0.25) is 0 Å². The van der Waals surface area contributed by atoms with Crippen molar-refractivity contribution < 1.29 is 14.3 Å². The number of ether oxygens (including phenoxy) is 2. The fourth-order valence-corrected chi connectivity index (χ4v) is 6.40. The third-order valence-corrected chi connectivity index (χ3v) is 7.74. The lowest BCUT2D eigenvalue weighted by atomic mass is 9.70. The second kappa shape index (κ2) is 8.57. The second-order valence-electron chi connectivity index (χ2n) is 10.9. The van der Waals surface area contributed by atoms with Gasteiger partial charge in [-0.1, -0.05) is 109 Å². The van der Waals surface area contributed by atoms with Crippen molar-refractivity contribution in [2.45, 2.75) is 95.5 Å². The highest BCUT2D eigenvalue weighted by Crippen LogP contribution is 2.63. The van der Waals surface area contributed by atoms with Gasteiger partial charge in [0, 0.05) is 5.41 Å². The molecule has 2 aromatic carbocycles. The summed E-state index contributed by atoms with van der Waals surface area (Å²) < 4.78 is 11.8. The molecule has 0 aliphatic heterocycles. The van der Waals surface area contributed by atoms with Crippen molar-refractivity contribution in [1.82, 2.24) is 0 Å². The van der Waals surface area contributed by atoms with Gasteiger partial charge in [-0.3, -0.25) is 0 Å². The molecular formula is C29H38O3.